The van der Waals surface area contributed by atoms with Crippen LogP contribution in [0, 0.1) is 0 Å². The average molecular weight is 383 g/mol. The highest BCUT2D eigenvalue weighted by Gasteiger charge is 2.17. The smallest absolute Gasteiger partial charge is 0.258 e. The van der Waals surface area contributed by atoms with Crippen molar-refractivity contribution in [2.45, 2.75) is 18.9 Å². The van der Waals surface area contributed by atoms with E-state index in [9.17, 15) is 4.79 Å². The molecule has 0 aliphatic carbocycles. The van der Waals surface area contributed by atoms with Gasteiger partial charge in [-0.25, -0.2) is 4.99 Å². The molecule has 0 spiro atoms. The van der Waals surface area contributed by atoms with Gasteiger partial charge in [0.05, 0.1) is 26.9 Å². The number of carbonyl (C=O) groups excluding carboxylic acids is 1. The fourth-order valence-corrected chi connectivity index (χ4v) is 2.87. The predicted octanol–water partition coefficient (Wildman–Crippen LogP) is 3.08. The van der Waals surface area contributed by atoms with Crippen molar-refractivity contribution in [2.24, 2.45) is 4.99 Å². The molecule has 1 fully saturated rings. The lowest BCUT2D eigenvalue weighted by molar-refractivity contribution is 0.0975. The number of carbonyl (C=O) groups is 1. The van der Waals surface area contributed by atoms with Crippen LogP contribution < -0.4 is 20.1 Å². The molecule has 1 atom stereocenters. The van der Waals surface area contributed by atoms with Gasteiger partial charge in [-0.2, -0.15) is 0 Å². The van der Waals surface area contributed by atoms with Crippen LogP contribution in [0.2, 0.25) is 0 Å². The lowest BCUT2D eigenvalue weighted by Crippen LogP contribution is -2.36. The van der Waals surface area contributed by atoms with Gasteiger partial charge in [0.25, 0.3) is 5.91 Å². The molecule has 1 heterocycles. The van der Waals surface area contributed by atoms with Crippen molar-refractivity contribution in [3.63, 3.8) is 0 Å². The maximum atomic E-state index is 12.8. The molecule has 1 saturated heterocycles. The van der Waals surface area contributed by atoms with E-state index in [1.807, 2.05) is 30.3 Å². The summed E-state index contributed by atoms with van der Waals surface area (Å²) < 4.78 is 16.1. The number of benzene rings is 2. The summed E-state index contributed by atoms with van der Waals surface area (Å²) in [4.78, 5) is 17.3. The molecule has 0 unspecified atom stereocenters. The number of hydrogen-bond acceptors (Lipinski definition) is 5. The van der Waals surface area contributed by atoms with E-state index in [1.165, 1.54) is 0 Å². The maximum absolute atomic E-state index is 12.8. The molecule has 148 valence electrons. The molecular formula is C21H25N3O4. The number of amides is 1. The fourth-order valence-electron chi connectivity index (χ4n) is 2.87. The number of guanidine groups is 1. The minimum Gasteiger partial charge on any atom is -0.497 e. The van der Waals surface area contributed by atoms with Gasteiger partial charge < -0.3 is 19.5 Å². The number of anilines is 1. The summed E-state index contributed by atoms with van der Waals surface area (Å²) in [6.45, 7) is 1.24. The first-order valence-corrected chi connectivity index (χ1v) is 9.20. The first-order valence-electron chi connectivity index (χ1n) is 9.20. The predicted molar refractivity (Wildman–Crippen MR) is 108 cm³/mol. The van der Waals surface area contributed by atoms with E-state index >= 15 is 0 Å². The number of nitrogens with zero attached hydrogens (tertiary/aromatic N) is 1. The second-order valence-electron chi connectivity index (χ2n) is 6.37. The lowest BCUT2D eigenvalue weighted by Gasteiger charge is -2.14. The van der Waals surface area contributed by atoms with Gasteiger partial charge in [0.1, 0.15) is 11.5 Å². The maximum Gasteiger partial charge on any atom is 0.258 e. The monoisotopic (exact) mass is 383 g/mol. The highest BCUT2D eigenvalue weighted by atomic mass is 16.5. The normalized spacial score (nSPS) is 16.5. The molecule has 1 aliphatic rings. The van der Waals surface area contributed by atoms with E-state index < -0.39 is 0 Å². The van der Waals surface area contributed by atoms with Gasteiger partial charge in [-0.05, 0) is 37.1 Å². The molecule has 7 nitrogen and oxygen atoms in total. The third kappa shape index (κ3) is 5.47. The second-order valence-corrected chi connectivity index (χ2v) is 6.37. The van der Waals surface area contributed by atoms with Gasteiger partial charge in [0.15, 0.2) is 0 Å². The molecule has 28 heavy (non-hydrogen) atoms. The molecule has 0 radical (unpaired) electrons. The zero-order valence-electron chi connectivity index (χ0n) is 16.1. The number of aliphatic imine (C=N–C) groups is 1. The van der Waals surface area contributed by atoms with Gasteiger partial charge in [0.2, 0.25) is 5.96 Å². The standard InChI is InChI=1S/C21H25N3O4/c1-26-18-11-15(12-19(13-18)27-2)20(25)24-21(22-14-17-9-6-10-28-17)23-16-7-4-3-5-8-16/h3-5,7-8,11-13,17H,6,9-10,14H2,1-2H3,(H2,22,23,24,25)/t17-/m1/s1. The molecular weight excluding hydrogens is 358 g/mol. The molecule has 0 saturated carbocycles. The van der Waals surface area contributed by atoms with Crippen LogP contribution in [0.25, 0.3) is 0 Å². The van der Waals surface area contributed by atoms with Crippen LogP contribution in [0.15, 0.2) is 53.5 Å². The summed E-state index contributed by atoms with van der Waals surface area (Å²) >= 11 is 0. The molecule has 2 aromatic carbocycles. The molecule has 1 amide bonds. The van der Waals surface area contributed by atoms with Crippen molar-refractivity contribution < 1.29 is 19.0 Å². The van der Waals surface area contributed by atoms with Crippen LogP contribution >= 0.6 is 0 Å². The number of para-hydroxylation sites is 1. The Bertz CT molecular complexity index is 795. The first-order chi connectivity index (χ1) is 13.7. The molecule has 0 aromatic heterocycles. The van der Waals surface area contributed by atoms with Crippen LogP contribution in [0.3, 0.4) is 0 Å². The Morgan fingerprint density at radius 2 is 1.86 bits per heavy atom. The Morgan fingerprint density at radius 3 is 2.46 bits per heavy atom. The largest absolute Gasteiger partial charge is 0.497 e. The Hall–Kier alpha value is -3.06. The van der Waals surface area contributed by atoms with Crippen molar-refractivity contribution in [1.82, 2.24) is 5.32 Å². The van der Waals surface area contributed by atoms with Crippen LogP contribution in [0.5, 0.6) is 11.5 Å². The first kappa shape index (κ1) is 19.7. The summed E-state index contributed by atoms with van der Waals surface area (Å²) in [6, 6.07) is 14.6. The van der Waals surface area contributed by atoms with Crippen LogP contribution in [0.1, 0.15) is 23.2 Å². The third-order valence-corrected chi connectivity index (χ3v) is 4.36. The van der Waals surface area contributed by atoms with E-state index in [0.29, 0.717) is 29.6 Å². The van der Waals surface area contributed by atoms with Crippen molar-refractivity contribution in [3.05, 3.63) is 54.1 Å². The fraction of sp³-hybridized carbons (Fsp3) is 0.333. The van der Waals surface area contributed by atoms with Gasteiger partial charge in [-0.15, -0.1) is 0 Å². The summed E-state index contributed by atoms with van der Waals surface area (Å²) in [5.74, 6) is 1.14. The van der Waals surface area contributed by atoms with Gasteiger partial charge in [-0.1, -0.05) is 18.2 Å². The molecule has 1 aliphatic heterocycles. The zero-order chi connectivity index (χ0) is 19.8. The summed E-state index contributed by atoms with van der Waals surface area (Å²) in [5, 5.41) is 6.00. The van der Waals surface area contributed by atoms with E-state index in [2.05, 4.69) is 15.6 Å². The van der Waals surface area contributed by atoms with E-state index in [1.54, 1.807) is 32.4 Å². The Balaban J connectivity index is 1.77. The van der Waals surface area contributed by atoms with E-state index in [0.717, 1.165) is 25.1 Å². The number of nitrogens with one attached hydrogen (secondary N) is 2. The molecule has 7 heteroatoms. The summed E-state index contributed by atoms with van der Waals surface area (Å²) in [7, 11) is 3.09. The Labute approximate surface area is 164 Å². The van der Waals surface area contributed by atoms with Crippen molar-refractivity contribution in [1.29, 1.82) is 0 Å². The quantitative estimate of drug-likeness (QED) is 0.592. The molecule has 0 bridgehead atoms. The minimum atomic E-state index is -0.313. The van der Waals surface area contributed by atoms with Crippen molar-refractivity contribution in [3.8, 4) is 11.5 Å². The molecule has 3 rings (SSSR count). The van der Waals surface area contributed by atoms with Crippen molar-refractivity contribution >= 4 is 17.6 Å². The number of rotatable bonds is 6. The summed E-state index contributed by atoms with van der Waals surface area (Å²) in [5.41, 5.74) is 1.24. The summed E-state index contributed by atoms with van der Waals surface area (Å²) in [6.07, 6.45) is 2.10. The average Bonchev–Trinajstić information content (AvgIpc) is 3.26. The number of methoxy groups -OCH3 is 2. The highest BCUT2D eigenvalue weighted by molar-refractivity contribution is 6.10. The third-order valence-electron chi connectivity index (χ3n) is 4.36. The second kappa shape index (κ2) is 9.75. The topological polar surface area (TPSA) is 81.2 Å². The number of hydrogen-bond donors (Lipinski definition) is 2. The van der Waals surface area contributed by atoms with Gasteiger partial charge in [0, 0.05) is 23.9 Å². The van der Waals surface area contributed by atoms with Gasteiger partial charge in [-0.3, -0.25) is 10.1 Å². The van der Waals surface area contributed by atoms with Crippen LogP contribution in [0.4, 0.5) is 5.69 Å². The van der Waals surface area contributed by atoms with Crippen LogP contribution in [-0.2, 0) is 4.74 Å². The minimum absolute atomic E-state index is 0.0846. The van der Waals surface area contributed by atoms with E-state index in [-0.39, 0.29) is 12.0 Å². The Kier molecular flexibility index (Phi) is 6.86. The SMILES string of the molecule is COc1cc(OC)cc(C(=O)NC(=NC[C@H]2CCCO2)Nc2ccccc2)c1. The Morgan fingerprint density at radius 1 is 1.14 bits per heavy atom. The zero-order valence-corrected chi connectivity index (χ0v) is 16.1. The van der Waals surface area contributed by atoms with Crippen molar-refractivity contribution in [2.75, 3.05) is 32.7 Å². The van der Waals surface area contributed by atoms with E-state index in [4.69, 9.17) is 14.2 Å². The van der Waals surface area contributed by atoms with Gasteiger partial charge >= 0.3 is 0 Å². The highest BCUT2D eigenvalue weighted by Crippen LogP contribution is 2.22. The van der Waals surface area contributed by atoms with Crippen LogP contribution in [-0.4, -0.2) is 45.3 Å². The molecule has 2 N–H and O–H groups in total. The number of ether oxygens (including phenoxy) is 3. The lowest BCUT2D eigenvalue weighted by atomic mass is 10.2. The molecule has 2 aromatic rings.